The Morgan fingerprint density at radius 3 is 2.06 bits per heavy atom. The highest BCUT2D eigenvalue weighted by atomic mass is 16.6. The van der Waals surface area contributed by atoms with Gasteiger partial charge in [-0.25, -0.2) is 9.59 Å². The first-order valence-electron chi connectivity index (χ1n) is 10.9. The van der Waals surface area contributed by atoms with Crippen molar-refractivity contribution in [2.45, 2.75) is 51.0 Å². The van der Waals surface area contributed by atoms with Crippen LogP contribution in [0.4, 0.5) is 9.59 Å². The highest BCUT2D eigenvalue weighted by Crippen LogP contribution is 2.24. The molecule has 1 aliphatic heterocycles. The van der Waals surface area contributed by atoms with Gasteiger partial charge in [0.15, 0.2) is 12.4 Å². The predicted molar refractivity (Wildman–Crippen MR) is 124 cm³/mol. The highest BCUT2D eigenvalue weighted by molar-refractivity contribution is 6.00. The standard InChI is InChI=1S/C25H28N2O8/c1-24(2,3)35-23(31)27-25(15-28,32-4)14-17-7-11-19(12-8-17)33-18-9-5-16(6-10-18)13-20-21(29)26-22(30)34-20/h5-12,15,20H,13-14H2,1-4H3,(H,27,31)(H,26,29,30). The molecule has 1 heterocycles. The summed E-state index contributed by atoms with van der Waals surface area (Å²) in [7, 11) is 1.33. The molecular formula is C25H28N2O8. The van der Waals surface area contributed by atoms with Crippen molar-refractivity contribution >= 4 is 24.4 Å². The molecule has 2 aromatic carbocycles. The lowest BCUT2D eigenvalue weighted by molar-refractivity contribution is -0.131. The van der Waals surface area contributed by atoms with E-state index in [1.807, 2.05) is 0 Å². The number of hydrogen-bond donors (Lipinski definition) is 2. The highest BCUT2D eigenvalue weighted by Gasteiger charge is 2.34. The number of cyclic esters (lactones) is 1. The number of methoxy groups -OCH3 is 1. The molecule has 3 amide bonds. The topological polar surface area (TPSA) is 129 Å². The molecule has 2 atom stereocenters. The summed E-state index contributed by atoms with van der Waals surface area (Å²) in [5, 5.41) is 4.59. The fourth-order valence-corrected chi connectivity index (χ4v) is 3.31. The number of benzene rings is 2. The predicted octanol–water partition coefficient (Wildman–Crippen LogP) is 3.27. The molecule has 0 bridgehead atoms. The van der Waals surface area contributed by atoms with E-state index in [9.17, 15) is 19.2 Å². The van der Waals surface area contributed by atoms with Crippen molar-refractivity contribution in [3.8, 4) is 11.5 Å². The van der Waals surface area contributed by atoms with Gasteiger partial charge in [0, 0.05) is 20.0 Å². The monoisotopic (exact) mass is 484 g/mol. The molecule has 0 aliphatic carbocycles. The Labute approximate surface area is 202 Å². The molecule has 186 valence electrons. The van der Waals surface area contributed by atoms with Gasteiger partial charge in [0.2, 0.25) is 5.72 Å². The van der Waals surface area contributed by atoms with Crippen molar-refractivity contribution in [1.29, 1.82) is 0 Å². The van der Waals surface area contributed by atoms with Gasteiger partial charge in [-0.2, -0.15) is 0 Å². The second-order valence-electron chi connectivity index (χ2n) is 8.99. The minimum Gasteiger partial charge on any atom is -0.457 e. The van der Waals surface area contributed by atoms with E-state index in [-0.39, 0.29) is 12.8 Å². The fraction of sp³-hybridized carbons (Fsp3) is 0.360. The van der Waals surface area contributed by atoms with E-state index in [0.29, 0.717) is 17.8 Å². The first-order chi connectivity index (χ1) is 16.5. The number of hydrogen-bond acceptors (Lipinski definition) is 8. The molecule has 1 fully saturated rings. The molecule has 2 unspecified atom stereocenters. The van der Waals surface area contributed by atoms with E-state index in [1.54, 1.807) is 69.3 Å². The molecule has 2 N–H and O–H groups in total. The van der Waals surface area contributed by atoms with Gasteiger partial charge in [0.1, 0.15) is 17.1 Å². The summed E-state index contributed by atoms with van der Waals surface area (Å²) < 4.78 is 21.3. The molecule has 3 rings (SSSR count). The molecule has 0 aromatic heterocycles. The quantitative estimate of drug-likeness (QED) is 0.410. The molecule has 10 heteroatoms. The molecule has 35 heavy (non-hydrogen) atoms. The van der Waals surface area contributed by atoms with E-state index in [0.717, 1.165) is 11.1 Å². The van der Waals surface area contributed by atoms with Crippen LogP contribution >= 0.6 is 0 Å². The Hall–Kier alpha value is -3.92. The number of carbonyl (C=O) groups is 4. The Kier molecular flexibility index (Phi) is 7.75. The lowest BCUT2D eigenvalue weighted by atomic mass is 10.0. The Morgan fingerprint density at radius 1 is 1.03 bits per heavy atom. The van der Waals surface area contributed by atoms with Crippen LogP contribution in [0.3, 0.4) is 0 Å². The summed E-state index contributed by atoms with van der Waals surface area (Å²) in [6.07, 6.45) is -1.46. The zero-order valence-electron chi connectivity index (χ0n) is 20.0. The van der Waals surface area contributed by atoms with Crippen molar-refractivity contribution in [3.63, 3.8) is 0 Å². The first-order valence-corrected chi connectivity index (χ1v) is 10.9. The SMILES string of the molecule is COC(C=O)(Cc1ccc(Oc2ccc(CC3OC(=O)NC3=O)cc2)cc1)NC(=O)OC(C)(C)C. The largest absolute Gasteiger partial charge is 0.457 e. The smallest absolute Gasteiger partial charge is 0.414 e. The van der Waals surface area contributed by atoms with Crippen LogP contribution < -0.4 is 15.4 Å². The van der Waals surface area contributed by atoms with Crippen LogP contribution in [0.5, 0.6) is 11.5 Å². The maximum Gasteiger partial charge on any atom is 0.414 e. The van der Waals surface area contributed by atoms with Gasteiger partial charge in [-0.05, 0) is 56.2 Å². The molecule has 0 saturated carbocycles. The zero-order valence-corrected chi connectivity index (χ0v) is 20.0. The second-order valence-corrected chi connectivity index (χ2v) is 8.99. The lowest BCUT2D eigenvalue weighted by Gasteiger charge is -2.29. The molecule has 10 nitrogen and oxygen atoms in total. The molecule has 1 aliphatic rings. The van der Waals surface area contributed by atoms with Crippen LogP contribution in [0, 0.1) is 0 Å². The van der Waals surface area contributed by atoms with Gasteiger partial charge in [-0.15, -0.1) is 0 Å². The van der Waals surface area contributed by atoms with E-state index in [4.69, 9.17) is 18.9 Å². The van der Waals surface area contributed by atoms with E-state index >= 15 is 0 Å². The first kappa shape index (κ1) is 25.7. The van der Waals surface area contributed by atoms with Crippen LogP contribution in [0.2, 0.25) is 0 Å². The van der Waals surface area contributed by atoms with E-state index in [2.05, 4.69) is 10.6 Å². The Bertz CT molecular complexity index is 1080. The molecule has 0 radical (unpaired) electrons. The van der Waals surface area contributed by atoms with E-state index in [1.165, 1.54) is 7.11 Å². The summed E-state index contributed by atoms with van der Waals surface area (Å²) >= 11 is 0. The van der Waals surface area contributed by atoms with Crippen LogP contribution in [0.25, 0.3) is 0 Å². The maximum absolute atomic E-state index is 12.2. The summed E-state index contributed by atoms with van der Waals surface area (Å²) in [6, 6.07) is 14.0. The van der Waals surface area contributed by atoms with Crippen molar-refractivity contribution in [3.05, 3.63) is 59.7 Å². The third-order valence-electron chi connectivity index (χ3n) is 5.00. The van der Waals surface area contributed by atoms with Gasteiger partial charge in [-0.1, -0.05) is 24.3 Å². The van der Waals surface area contributed by atoms with Gasteiger partial charge in [-0.3, -0.25) is 20.2 Å². The van der Waals surface area contributed by atoms with Crippen molar-refractivity contribution in [2.24, 2.45) is 0 Å². The average molecular weight is 485 g/mol. The van der Waals surface area contributed by atoms with E-state index < -0.39 is 35.5 Å². The van der Waals surface area contributed by atoms with Gasteiger partial charge < -0.3 is 18.9 Å². The number of rotatable bonds is 9. The molecule has 0 spiro atoms. The minimum atomic E-state index is -1.58. The Morgan fingerprint density at radius 2 is 1.60 bits per heavy atom. The number of ether oxygens (including phenoxy) is 4. The van der Waals surface area contributed by atoms with Crippen molar-refractivity contribution in [1.82, 2.24) is 10.6 Å². The number of nitrogens with one attached hydrogen (secondary N) is 2. The molecular weight excluding hydrogens is 456 g/mol. The molecule has 1 saturated heterocycles. The average Bonchev–Trinajstić information content (AvgIpc) is 3.11. The van der Waals surface area contributed by atoms with Crippen LogP contribution in [-0.4, -0.2) is 48.9 Å². The maximum atomic E-state index is 12.2. The van der Waals surface area contributed by atoms with Crippen LogP contribution in [0.15, 0.2) is 48.5 Å². The third kappa shape index (κ3) is 7.28. The summed E-state index contributed by atoms with van der Waals surface area (Å²) in [6.45, 7) is 5.16. The lowest BCUT2D eigenvalue weighted by Crippen LogP contribution is -2.54. The Balaban J connectivity index is 1.59. The number of amides is 3. The normalized spacial score (nSPS) is 17.1. The van der Waals surface area contributed by atoms with Crippen molar-refractivity contribution < 1.29 is 38.1 Å². The van der Waals surface area contributed by atoms with Crippen molar-refractivity contribution in [2.75, 3.05) is 7.11 Å². The van der Waals surface area contributed by atoms with Crippen LogP contribution in [-0.2, 0) is 36.6 Å². The summed E-state index contributed by atoms with van der Waals surface area (Å²) in [5.41, 5.74) is -0.765. The number of imide groups is 1. The third-order valence-corrected chi connectivity index (χ3v) is 5.00. The summed E-state index contributed by atoms with van der Waals surface area (Å²) in [5.74, 6) is 0.670. The number of carbonyl (C=O) groups excluding carboxylic acids is 4. The summed E-state index contributed by atoms with van der Waals surface area (Å²) in [4.78, 5) is 46.7. The number of aldehydes is 1. The van der Waals surface area contributed by atoms with Gasteiger partial charge in [0.25, 0.3) is 5.91 Å². The number of alkyl carbamates (subject to hydrolysis) is 2. The zero-order chi connectivity index (χ0) is 25.6. The second kappa shape index (κ2) is 10.6. The van der Waals surface area contributed by atoms with Gasteiger partial charge >= 0.3 is 12.2 Å². The minimum absolute atomic E-state index is 0.0839. The van der Waals surface area contributed by atoms with Gasteiger partial charge in [0.05, 0.1) is 0 Å². The molecule has 2 aromatic rings. The van der Waals surface area contributed by atoms with Crippen LogP contribution in [0.1, 0.15) is 31.9 Å². The fourth-order valence-electron chi connectivity index (χ4n) is 3.31.